The Bertz CT molecular complexity index is 401. The van der Waals surface area contributed by atoms with Gasteiger partial charge >= 0.3 is 0 Å². The SMILES string of the molecule is CNC(c1ccc(F)cn1)C(C)CN(C)C1CCCC1. The van der Waals surface area contributed by atoms with Crippen LogP contribution >= 0.6 is 0 Å². The van der Waals surface area contributed by atoms with Crippen LogP contribution in [0, 0.1) is 11.7 Å². The van der Waals surface area contributed by atoms with Gasteiger partial charge in [-0.3, -0.25) is 4.98 Å². The van der Waals surface area contributed by atoms with Crippen LogP contribution in [0.1, 0.15) is 44.3 Å². The number of aromatic nitrogens is 1. The van der Waals surface area contributed by atoms with Crippen molar-refractivity contribution in [2.45, 2.75) is 44.7 Å². The second kappa shape index (κ2) is 7.14. The fraction of sp³-hybridized carbons (Fsp3) is 0.688. The zero-order valence-corrected chi connectivity index (χ0v) is 12.8. The summed E-state index contributed by atoms with van der Waals surface area (Å²) in [6, 6.07) is 4.17. The topological polar surface area (TPSA) is 28.2 Å². The highest BCUT2D eigenvalue weighted by Gasteiger charge is 2.25. The molecule has 112 valence electrons. The third-order valence-corrected chi connectivity index (χ3v) is 4.47. The third kappa shape index (κ3) is 3.76. The van der Waals surface area contributed by atoms with Crippen LogP contribution in [-0.4, -0.2) is 36.6 Å². The number of pyridine rings is 1. The van der Waals surface area contributed by atoms with E-state index in [4.69, 9.17) is 0 Å². The largest absolute Gasteiger partial charge is 0.311 e. The van der Waals surface area contributed by atoms with Crippen LogP contribution in [0.5, 0.6) is 0 Å². The van der Waals surface area contributed by atoms with Crippen molar-refractivity contribution in [1.82, 2.24) is 15.2 Å². The van der Waals surface area contributed by atoms with Crippen LogP contribution in [-0.2, 0) is 0 Å². The molecule has 2 rings (SSSR count). The highest BCUT2D eigenvalue weighted by Crippen LogP contribution is 2.26. The van der Waals surface area contributed by atoms with Gasteiger partial charge in [-0.1, -0.05) is 19.8 Å². The van der Waals surface area contributed by atoms with E-state index in [1.54, 1.807) is 6.07 Å². The van der Waals surface area contributed by atoms with Gasteiger partial charge in [0.1, 0.15) is 5.82 Å². The van der Waals surface area contributed by atoms with E-state index < -0.39 is 0 Å². The van der Waals surface area contributed by atoms with Crippen LogP contribution in [0.2, 0.25) is 0 Å². The van der Waals surface area contributed by atoms with Crippen molar-refractivity contribution in [2.75, 3.05) is 20.6 Å². The molecule has 1 heterocycles. The maximum atomic E-state index is 13.0. The summed E-state index contributed by atoms with van der Waals surface area (Å²) in [5.41, 5.74) is 0.918. The molecule has 2 atom stereocenters. The van der Waals surface area contributed by atoms with Gasteiger partial charge in [-0.2, -0.15) is 0 Å². The molecule has 1 fully saturated rings. The van der Waals surface area contributed by atoms with Crippen LogP contribution in [0.4, 0.5) is 4.39 Å². The molecule has 20 heavy (non-hydrogen) atoms. The zero-order valence-electron chi connectivity index (χ0n) is 12.8. The summed E-state index contributed by atoms with van der Waals surface area (Å²) < 4.78 is 13.0. The molecule has 0 aliphatic heterocycles. The lowest BCUT2D eigenvalue weighted by Crippen LogP contribution is -2.37. The molecule has 0 amide bonds. The number of hydrogen-bond donors (Lipinski definition) is 1. The van der Waals surface area contributed by atoms with Crippen molar-refractivity contribution in [2.24, 2.45) is 5.92 Å². The normalized spacial score (nSPS) is 19.4. The summed E-state index contributed by atoms with van der Waals surface area (Å²) >= 11 is 0. The van der Waals surface area contributed by atoms with Crippen molar-refractivity contribution >= 4 is 0 Å². The summed E-state index contributed by atoms with van der Waals surface area (Å²) in [4.78, 5) is 6.70. The van der Waals surface area contributed by atoms with Gasteiger partial charge in [0, 0.05) is 12.6 Å². The molecule has 0 radical (unpaired) electrons. The number of hydrogen-bond acceptors (Lipinski definition) is 3. The smallest absolute Gasteiger partial charge is 0.141 e. The molecule has 1 aliphatic rings. The maximum Gasteiger partial charge on any atom is 0.141 e. The van der Waals surface area contributed by atoms with E-state index in [-0.39, 0.29) is 11.9 Å². The summed E-state index contributed by atoms with van der Waals surface area (Å²) in [5.74, 6) is 0.155. The Morgan fingerprint density at radius 2 is 2.10 bits per heavy atom. The molecule has 3 nitrogen and oxygen atoms in total. The minimum absolute atomic E-state index is 0.166. The van der Waals surface area contributed by atoms with Gasteiger partial charge in [-0.05, 0) is 45.0 Å². The Morgan fingerprint density at radius 3 is 2.65 bits per heavy atom. The molecular formula is C16H26FN3. The van der Waals surface area contributed by atoms with E-state index in [1.165, 1.54) is 37.9 Å². The van der Waals surface area contributed by atoms with Crippen molar-refractivity contribution in [3.05, 3.63) is 29.8 Å². The lowest BCUT2D eigenvalue weighted by atomic mass is 9.97. The van der Waals surface area contributed by atoms with Crippen molar-refractivity contribution in [3.8, 4) is 0 Å². The lowest BCUT2D eigenvalue weighted by Gasteiger charge is -2.31. The van der Waals surface area contributed by atoms with Gasteiger partial charge in [-0.25, -0.2) is 4.39 Å². The average molecular weight is 279 g/mol. The number of rotatable bonds is 6. The minimum Gasteiger partial charge on any atom is -0.311 e. The van der Waals surface area contributed by atoms with Crippen LogP contribution in [0.15, 0.2) is 18.3 Å². The van der Waals surface area contributed by atoms with Gasteiger partial charge in [0.15, 0.2) is 0 Å². The van der Waals surface area contributed by atoms with Gasteiger partial charge in [0.2, 0.25) is 0 Å². The molecule has 0 saturated heterocycles. The zero-order chi connectivity index (χ0) is 14.5. The molecule has 1 saturated carbocycles. The molecule has 1 aromatic heterocycles. The molecular weight excluding hydrogens is 253 g/mol. The van der Waals surface area contributed by atoms with Crippen molar-refractivity contribution in [1.29, 1.82) is 0 Å². The molecule has 4 heteroatoms. The Balaban J connectivity index is 1.97. The quantitative estimate of drug-likeness (QED) is 0.867. The van der Waals surface area contributed by atoms with Crippen molar-refractivity contribution in [3.63, 3.8) is 0 Å². The number of halogens is 1. The Kier molecular flexibility index (Phi) is 5.49. The fourth-order valence-electron chi connectivity index (χ4n) is 3.35. The van der Waals surface area contributed by atoms with E-state index in [0.29, 0.717) is 5.92 Å². The molecule has 0 spiro atoms. The first kappa shape index (κ1) is 15.4. The first-order chi connectivity index (χ1) is 9.61. The molecule has 2 unspecified atom stereocenters. The van der Waals surface area contributed by atoms with E-state index in [2.05, 4.69) is 29.2 Å². The van der Waals surface area contributed by atoms with E-state index in [1.807, 2.05) is 7.05 Å². The fourth-order valence-corrected chi connectivity index (χ4v) is 3.35. The maximum absolute atomic E-state index is 13.0. The first-order valence-corrected chi connectivity index (χ1v) is 7.60. The van der Waals surface area contributed by atoms with E-state index in [9.17, 15) is 4.39 Å². The third-order valence-electron chi connectivity index (χ3n) is 4.47. The molecule has 0 bridgehead atoms. The van der Waals surface area contributed by atoms with E-state index >= 15 is 0 Å². The predicted octanol–water partition coefficient (Wildman–Crippen LogP) is 2.99. The van der Waals surface area contributed by atoms with Gasteiger partial charge in [0.05, 0.1) is 17.9 Å². The molecule has 1 aliphatic carbocycles. The monoisotopic (exact) mass is 279 g/mol. The molecule has 1 aromatic rings. The Morgan fingerprint density at radius 1 is 1.40 bits per heavy atom. The Labute approximate surface area is 121 Å². The average Bonchev–Trinajstić information content (AvgIpc) is 2.96. The van der Waals surface area contributed by atoms with Gasteiger partial charge in [-0.15, -0.1) is 0 Å². The Hall–Kier alpha value is -1.00. The molecule has 1 N–H and O–H groups in total. The van der Waals surface area contributed by atoms with Gasteiger partial charge in [0.25, 0.3) is 0 Å². The standard InChI is InChI=1S/C16H26FN3/c1-12(11-20(3)14-6-4-5-7-14)16(18-2)15-9-8-13(17)10-19-15/h8-10,12,14,16,18H,4-7,11H2,1-3H3. The highest BCUT2D eigenvalue weighted by atomic mass is 19.1. The predicted molar refractivity (Wildman–Crippen MR) is 80.0 cm³/mol. The second-order valence-corrected chi connectivity index (χ2v) is 6.02. The molecule has 0 aromatic carbocycles. The second-order valence-electron chi connectivity index (χ2n) is 6.02. The van der Waals surface area contributed by atoms with Crippen LogP contribution < -0.4 is 5.32 Å². The van der Waals surface area contributed by atoms with Crippen LogP contribution in [0.3, 0.4) is 0 Å². The van der Waals surface area contributed by atoms with Crippen LogP contribution in [0.25, 0.3) is 0 Å². The number of nitrogens with one attached hydrogen (secondary N) is 1. The lowest BCUT2D eigenvalue weighted by molar-refractivity contribution is 0.193. The van der Waals surface area contributed by atoms with E-state index in [0.717, 1.165) is 18.3 Å². The van der Waals surface area contributed by atoms with Gasteiger partial charge < -0.3 is 10.2 Å². The summed E-state index contributed by atoms with van der Waals surface area (Å²) in [6.45, 7) is 3.27. The summed E-state index contributed by atoms with van der Waals surface area (Å²) in [5, 5.41) is 3.32. The highest BCUT2D eigenvalue weighted by molar-refractivity contribution is 5.11. The van der Waals surface area contributed by atoms with Crippen molar-refractivity contribution < 1.29 is 4.39 Å². The summed E-state index contributed by atoms with van der Waals surface area (Å²) in [6.07, 6.45) is 6.66. The summed E-state index contributed by atoms with van der Waals surface area (Å²) in [7, 11) is 4.17. The number of nitrogens with zero attached hydrogens (tertiary/aromatic N) is 2. The minimum atomic E-state index is -0.278. The first-order valence-electron chi connectivity index (χ1n) is 7.60.